The van der Waals surface area contributed by atoms with Gasteiger partial charge in [0.2, 0.25) is 0 Å². The van der Waals surface area contributed by atoms with Crippen LogP contribution in [0.25, 0.3) is 0 Å². The Hall–Kier alpha value is -2.78. The normalized spacial score (nSPS) is 13.2. The smallest absolute Gasteiger partial charge is 0.329 e. The molecule has 3 rings (SSSR count). The van der Waals surface area contributed by atoms with Gasteiger partial charge in [-0.1, -0.05) is 17.5 Å². The van der Waals surface area contributed by atoms with Gasteiger partial charge in [0.25, 0.3) is 11.5 Å². The maximum Gasteiger partial charge on any atom is 0.329 e. The summed E-state index contributed by atoms with van der Waals surface area (Å²) in [7, 11) is 0. The van der Waals surface area contributed by atoms with Gasteiger partial charge in [0.15, 0.2) is 0 Å². The zero-order chi connectivity index (χ0) is 17.3. The van der Waals surface area contributed by atoms with Crippen molar-refractivity contribution in [1.82, 2.24) is 14.5 Å². The van der Waals surface area contributed by atoms with E-state index < -0.39 is 11.2 Å². The Morgan fingerprint density at radius 1 is 1.29 bits per heavy atom. The molecule has 0 saturated carbocycles. The average molecular weight is 344 g/mol. The Balaban J connectivity index is 1.94. The number of nitrogens with zero attached hydrogens (tertiary/aromatic N) is 2. The van der Waals surface area contributed by atoms with Gasteiger partial charge in [-0.05, 0) is 24.3 Å². The zero-order valence-electron chi connectivity index (χ0n) is 12.7. The molecular formula is C17H14ClN3O3. The molecule has 1 aromatic carbocycles. The predicted octanol–water partition coefficient (Wildman–Crippen LogP) is 1.02. The van der Waals surface area contributed by atoms with Crippen molar-refractivity contribution < 1.29 is 4.79 Å². The van der Waals surface area contributed by atoms with Crippen LogP contribution in [0, 0.1) is 12.3 Å². The number of carbonyl (C=O) groups excluding carboxylic acids is 1. The summed E-state index contributed by atoms with van der Waals surface area (Å²) in [4.78, 5) is 41.2. The molecule has 6 nitrogen and oxygen atoms in total. The molecule has 7 heteroatoms. The van der Waals surface area contributed by atoms with E-state index in [2.05, 4.69) is 10.9 Å². The molecule has 24 heavy (non-hydrogen) atoms. The number of hydrogen-bond donors (Lipinski definition) is 1. The maximum absolute atomic E-state index is 12.6. The second kappa shape index (κ2) is 6.38. The fourth-order valence-electron chi connectivity index (χ4n) is 2.73. The van der Waals surface area contributed by atoms with E-state index in [9.17, 15) is 14.4 Å². The highest BCUT2D eigenvalue weighted by atomic mass is 35.5. The van der Waals surface area contributed by atoms with E-state index >= 15 is 0 Å². The summed E-state index contributed by atoms with van der Waals surface area (Å²) in [5, 5.41) is 0.547. The van der Waals surface area contributed by atoms with Crippen LogP contribution >= 0.6 is 11.6 Å². The third kappa shape index (κ3) is 2.86. The highest BCUT2D eigenvalue weighted by Crippen LogP contribution is 2.17. The molecule has 1 amide bonds. The summed E-state index contributed by atoms with van der Waals surface area (Å²) < 4.78 is 0.967. The van der Waals surface area contributed by atoms with Crippen LogP contribution in [0.1, 0.15) is 21.6 Å². The first kappa shape index (κ1) is 16.1. The number of hydrogen-bond acceptors (Lipinski definition) is 3. The molecule has 0 aliphatic carbocycles. The number of amides is 1. The second-order valence-corrected chi connectivity index (χ2v) is 5.90. The molecule has 1 N–H and O–H groups in total. The van der Waals surface area contributed by atoms with Crippen LogP contribution in [0.2, 0.25) is 5.02 Å². The number of aromatic amines is 1. The second-order valence-electron chi connectivity index (χ2n) is 5.47. The van der Waals surface area contributed by atoms with Crippen molar-refractivity contribution in [1.29, 1.82) is 0 Å². The Morgan fingerprint density at radius 2 is 2.00 bits per heavy atom. The molecule has 0 fully saturated rings. The van der Waals surface area contributed by atoms with Crippen molar-refractivity contribution in [3.8, 4) is 12.3 Å². The standard InChI is InChI=1S/C17H14ClN3O3/c1-2-8-21-16(23)13-10-20(9-7-14(13)19-17(21)24)15(22)11-3-5-12(18)6-4-11/h1,3-6H,7-10H2,(H,19,24). The summed E-state index contributed by atoms with van der Waals surface area (Å²) >= 11 is 5.83. The van der Waals surface area contributed by atoms with Gasteiger partial charge in [-0.25, -0.2) is 9.36 Å². The Labute approximate surface area is 142 Å². The van der Waals surface area contributed by atoms with Gasteiger partial charge in [0.1, 0.15) is 0 Å². The highest BCUT2D eigenvalue weighted by Gasteiger charge is 2.25. The first-order valence-electron chi connectivity index (χ1n) is 7.34. The minimum atomic E-state index is -0.519. The first-order valence-corrected chi connectivity index (χ1v) is 7.72. The molecule has 0 unspecified atom stereocenters. The quantitative estimate of drug-likeness (QED) is 0.827. The minimum Gasteiger partial charge on any atom is -0.334 e. The van der Waals surface area contributed by atoms with Gasteiger partial charge >= 0.3 is 5.69 Å². The van der Waals surface area contributed by atoms with Gasteiger partial charge in [-0.2, -0.15) is 0 Å². The average Bonchev–Trinajstić information content (AvgIpc) is 2.58. The van der Waals surface area contributed by atoms with Crippen molar-refractivity contribution in [3.05, 3.63) is 66.9 Å². The monoisotopic (exact) mass is 343 g/mol. The summed E-state index contributed by atoms with van der Waals surface area (Å²) in [5.41, 5.74) is 0.502. The third-order valence-corrected chi connectivity index (χ3v) is 4.23. The van der Waals surface area contributed by atoms with E-state index in [1.807, 2.05) is 0 Å². The number of rotatable bonds is 2. The van der Waals surface area contributed by atoms with Crippen LogP contribution in [0.5, 0.6) is 0 Å². The van der Waals surface area contributed by atoms with Gasteiger partial charge in [0.05, 0.1) is 18.7 Å². The van der Waals surface area contributed by atoms with Gasteiger partial charge in [0, 0.05) is 29.2 Å². The Morgan fingerprint density at radius 3 is 2.67 bits per heavy atom. The highest BCUT2D eigenvalue weighted by molar-refractivity contribution is 6.30. The minimum absolute atomic E-state index is 0.105. The van der Waals surface area contributed by atoms with Gasteiger partial charge in [-0.3, -0.25) is 9.59 Å². The lowest BCUT2D eigenvalue weighted by atomic mass is 10.1. The number of H-pyrrole nitrogens is 1. The number of benzene rings is 1. The maximum atomic E-state index is 12.6. The third-order valence-electron chi connectivity index (χ3n) is 3.98. The summed E-state index contributed by atoms with van der Waals surface area (Å²) in [6, 6.07) is 6.57. The molecule has 0 spiro atoms. The van der Waals surface area contributed by atoms with Gasteiger partial charge < -0.3 is 9.88 Å². The van der Waals surface area contributed by atoms with Crippen LogP contribution in [0.4, 0.5) is 0 Å². The number of terminal acetylenes is 1. The Kier molecular flexibility index (Phi) is 4.28. The molecule has 0 atom stereocenters. The van der Waals surface area contributed by atoms with E-state index in [-0.39, 0.29) is 19.0 Å². The molecule has 1 aliphatic rings. The molecule has 0 radical (unpaired) electrons. The molecular weight excluding hydrogens is 330 g/mol. The molecule has 1 aromatic heterocycles. The van der Waals surface area contributed by atoms with Crippen LogP contribution in [0.15, 0.2) is 33.9 Å². The molecule has 122 valence electrons. The fourth-order valence-corrected chi connectivity index (χ4v) is 2.86. The van der Waals surface area contributed by atoms with Crippen LogP contribution in [-0.4, -0.2) is 26.9 Å². The molecule has 1 aliphatic heterocycles. The molecule has 0 bridgehead atoms. The number of fused-ring (bicyclic) bond motifs is 1. The van der Waals surface area contributed by atoms with E-state index in [1.165, 1.54) is 0 Å². The first-order chi connectivity index (χ1) is 11.5. The zero-order valence-corrected chi connectivity index (χ0v) is 13.5. The van der Waals surface area contributed by atoms with Crippen LogP contribution in [0.3, 0.4) is 0 Å². The molecule has 0 saturated heterocycles. The fraction of sp³-hybridized carbons (Fsp3) is 0.235. The van der Waals surface area contributed by atoms with Crippen molar-refractivity contribution in [2.45, 2.75) is 19.5 Å². The van der Waals surface area contributed by atoms with E-state index in [1.54, 1.807) is 29.2 Å². The number of aromatic nitrogens is 2. The number of carbonyl (C=O) groups is 1. The molecule has 2 aromatic rings. The summed E-state index contributed by atoms with van der Waals surface area (Å²) in [6.45, 7) is 0.451. The molecule has 2 heterocycles. The Bertz CT molecular complexity index is 951. The van der Waals surface area contributed by atoms with Crippen molar-refractivity contribution in [2.24, 2.45) is 0 Å². The topological polar surface area (TPSA) is 75.2 Å². The van der Waals surface area contributed by atoms with E-state index in [4.69, 9.17) is 18.0 Å². The van der Waals surface area contributed by atoms with Crippen molar-refractivity contribution in [3.63, 3.8) is 0 Å². The SMILES string of the molecule is C#CCn1c(=O)[nH]c2c(c1=O)CN(C(=O)c1ccc(Cl)cc1)CC2. The van der Waals surface area contributed by atoms with E-state index in [0.29, 0.717) is 34.8 Å². The summed E-state index contributed by atoms with van der Waals surface area (Å²) in [6.07, 6.45) is 5.61. The van der Waals surface area contributed by atoms with Gasteiger partial charge in [-0.15, -0.1) is 6.42 Å². The number of nitrogens with one attached hydrogen (secondary N) is 1. The van der Waals surface area contributed by atoms with Crippen molar-refractivity contribution in [2.75, 3.05) is 6.54 Å². The predicted molar refractivity (Wildman–Crippen MR) is 90.1 cm³/mol. The van der Waals surface area contributed by atoms with Crippen LogP contribution < -0.4 is 11.2 Å². The summed E-state index contributed by atoms with van der Waals surface area (Å²) in [5.74, 6) is 2.10. The lowest BCUT2D eigenvalue weighted by Crippen LogP contribution is -2.45. The lowest BCUT2D eigenvalue weighted by molar-refractivity contribution is 0.0732. The number of halogens is 1. The van der Waals surface area contributed by atoms with E-state index in [0.717, 1.165) is 4.57 Å². The largest absolute Gasteiger partial charge is 0.334 e. The van der Waals surface area contributed by atoms with Crippen LogP contribution in [-0.2, 0) is 19.5 Å². The van der Waals surface area contributed by atoms with Crippen molar-refractivity contribution >= 4 is 17.5 Å². The lowest BCUT2D eigenvalue weighted by Gasteiger charge is -2.28.